The maximum Gasteiger partial charge on any atom is 0.272 e. The van der Waals surface area contributed by atoms with Gasteiger partial charge in [-0.2, -0.15) is 5.10 Å². The van der Waals surface area contributed by atoms with Crippen molar-refractivity contribution >= 4 is 11.8 Å². The molecule has 0 fully saturated rings. The van der Waals surface area contributed by atoms with Gasteiger partial charge in [-0.3, -0.25) is 9.59 Å². The van der Waals surface area contributed by atoms with Gasteiger partial charge in [-0.25, -0.2) is 4.68 Å². The molecule has 0 spiro atoms. The van der Waals surface area contributed by atoms with Gasteiger partial charge < -0.3 is 15.4 Å². The van der Waals surface area contributed by atoms with Gasteiger partial charge in [-0.05, 0) is 49.4 Å². The van der Waals surface area contributed by atoms with E-state index in [1.54, 1.807) is 17.9 Å². The third-order valence-corrected chi connectivity index (χ3v) is 4.11. The highest BCUT2D eigenvalue weighted by molar-refractivity contribution is 5.96. The van der Waals surface area contributed by atoms with Crippen molar-refractivity contribution < 1.29 is 14.3 Å². The second kappa shape index (κ2) is 8.85. The summed E-state index contributed by atoms with van der Waals surface area (Å²) in [5.74, 6) is 0.0962. The van der Waals surface area contributed by atoms with E-state index < -0.39 is 5.91 Å². The van der Waals surface area contributed by atoms with Gasteiger partial charge in [0.05, 0.1) is 25.0 Å². The number of ether oxygens (including phenoxy) is 1. The van der Waals surface area contributed by atoms with Gasteiger partial charge in [0.1, 0.15) is 5.75 Å². The summed E-state index contributed by atoms with van der Waals surface area (Å²) < 4.78 is 6.92. The molecule has 2 amide bonds. The van der Waals surface area contributed by atoms with Crippen LogP contribution in [0.4, 0.5) is 0 Å². The largest absolute Gasteiger partial charge is 0.497 e. The SMILES string of the molecule is CCNC(=O)CNC(=O)c1cc(-c2ccc(OC)cc2)n(-c2ccccc2)n1. The highest BCUT2D eigenvalue weighted by atomic mass is 16.5. The van der Waals surface area contributed by atoms with Crippen LogP contribution in [-0.4, -0.2) is 41.8 Å². The molecule has 0 aliphatic rings. The summed E-state index contributed by atoms with van der Waals surface area (Å²) in [5, 5.41) is 9.70. The van der Waals surface area contributed by atoms with Crippen LogP contribution in [0.15, 0.2) is 60.7 Å². The zero-order chi connectivity index (χ0) is 19.9. The van der Waals surface area contributed by atoms with Crippen LogP contribution in [0.5, 0.6) is 5.75 Å². The first-order chi connectivity index (χ1) is 13.6. The summed E-state index contributed by atoms with van der Waals surface area (Å²) in [6, 6.07) is 18.8. The number of amides is 2. The Bertz CT molecular complexity index is 950. The monoisotopic (exact) mass is 378 g/mol. The number of hydrogen-bond donors (Lipinski definition) is 2. The Kier molecular flexibility index (Phi) is 6.06. The Balaban J connectivity index is 1.93. The van der Waals surface area contributed by atoms with Gasteiger partial charge in [0.15, 0.2) is 5.69 Å². The van der Waals surface area contributed by atoms with Crippen molar-refractivity contribution in [2.45, 2.75) is 6.92 Å². The molecule has 1 aromatic heterocycles. The van der Waals surface area contributed by atoms with Gasteiger partial charge >= 0.3 is 0 Å². The minimum absolute atomic E-state index is 0.0945. The van der Waals surface area contributed by atoms with Crippen LogP contribution in [0.1, 0.15) is 17.4 Å². The summed E-state index contributed by atoms with van der Waals surface area (Å²) in [5.41, 5.74) is 2.71. The molecule has 0 aliphatic carbocycles. The molecule has 144 valence electrons. The average Bonchev–Trinajstić information content (AvgIpc) is 3.18. The molecular weight excluding hydrogens is 356 g/mol. The van der Waals surface area contributed by atoms with Crippen molar-refractivity contribution in [3.05, 3.63) is 66.4 Å². The number of benzene rings is 2. The van der Waals surface area contributed by atoms with Gasteiger partial charge in [0, 0.05) is 12.1 Å². The first-order valence-corrected chi connectivity index (χ1v) is 8.97. The molecular formula is C21H22N4O3. The fourth-order valence-electron chi connectivity index (χ4n) is 2.74. The third kappa shape index (κ3) is 4.37. The van der Waals surface area contributed by atoms with Crippen LogP contribution in [0.25, 0.3) is 16.9 Å². The summed E-state index contributed by atoms with van der Waals surface area (Å²) in [6.45, 7) is 2.24. The Labute approximate surface area is 163 Å². The van der Waals surface area contributed by atoms with E-state index in [4.69, 9.17) is 4.74 Å². The number of hydrogen-bond acceptors (Lipinski definition) is 4. The summed E-state index contributed by atoms with van der Waals surface area (Å²) >= 11 is 0. The lowest BCUT2D eigenvalue weighted by Crippen LogP contribution is -2.36. The second-order valence-corrected chi connectivity index (χ2v) is 6.03. The Hall–Kier alpha value is -3.61. The van der Waals surface area contributed by atoms with Crippen LogP contribution in [0, 0.1) is 0 Å². The van der Waals surface area contributed by atoms with E-state index in [0.29, 0.717) is 6.54 Å². The molecule has 7 heteroatoms. The number of aromatic nitrogens is 2. The summed E-state index contributed by atoms with van der Waals surface area (Å²) in [7, 11) is 1.61. The maximum absolute atomic E-state index is 12.5. The van der Waals surface area contributed by atoms with Gasteiger partial charge in [-0.15, -0.1) is 0 Å². The topological polar surface area (TPSA) is 85.3 Å². The quantitative estimate of drug-likeness (QED) is 0.661. The molecule has 2 N–H and O–H groups in total. The average molecular weight is 378 g/mol. The Morgan fingerprint density at radius 3 is 2.39 bits per heavy atom. The second-order valence-electron chi connectivity index (χ2n) is 6.03. The first-order valence-electron chi connectivity index (χ1n) is 8.97. The van der Waals surface area contributed by atoms with Gasteiger partial charge in [0.25, 0.3) is 5.91 Å². The van der Waals surface area contributed by atoms with Crippen molar-refractivity contribution in [2.24, 2.45) is 0 Å². The fraction of sp³-hybridized carbons (Fsp3) is 0.190. The van der Waals surface area contributed by atoms with Crippen LogP contribution < -0.4 is 15.4 Å². The zero-order valence-corrected chi connectivity index (χ0v) is 15.8. The molecule has 0 bridgehead atoms. The maximum atomic E-state index is 12.5. The van der Waals surface area contributed by atoms with E-state index >= 15 is 0 Å². The predicted molar refractivity (Wildman–Crippen MR) is 107 cm³/mol. The predicted octanol–water partition coefficient (Wildman–Crippen LogP) is 2.41. The van der Waals surface area contributed by atoms with Crippen molar-refractivity contribution in [1.29, 1.82) is 0 Å². The molecule has 2 aromatic carbocycles. The minimum Gasteiger partial charge on any atom is -0.497 e. The lowest BCUT2D eigenvalue weighted by molar-refractivity contribution is -0.120. The number of methoxy groups -OCH3 is 1. The van der Waals surface area contributed by atoms with E-state index in [1.165, 1.54) is 0 Å². The molecule has 0 aliphatic heterocycles. The molecule has 0 saturated heterocycles. The molecule has 0 radical (unpaired) electrons. The minimum atomic E-state index is -0.407. The lowest BCUT2D eigenvalue weighted by atomic mass is 10.1. The van der Waals surface area contributed by atoms with Crippen LogP contribution >= 0.6 is 0 Å². The molecule has 7 nitrogen and oxygen atoms in total. The van der Waals surface area contributed by atoms with E-state index in [9.17, 15) is 9.59 Å². The van der Waals surface area contributed by atoms with Crippen molar-refractivity contribution in [3.63, 3.8) is 0 Å². The molecule has 3 aromatic rings. The third-order valence-electron chi connectivity index (χ3n) is 4.11. The summed E-state index contributed by atoms with van der Waals surface area (Å²) in [6.07, 6.45) is 0. The number of para-hydroxylation sites is 1. The highest BCUT2D eigenvalue weighted by Crippen LogP contribution is 2.26. The molecule has 1 heterocycles. The number of likely N-dealkylation sites (N-methyl/N-ethyl adjacent to an activating group) is 1. The van der Waals surface area contributed by atoms with E-state index in [1.807, 2.05) is 61.5 Å². The normalized spacial score (nSPS) is 10.4. The lowest BCUT2D eigenvalue weighted by Gasteiger charge is -2.08. The number of carbonyl (C=O) groups excluding carboxylic acids is 2. The van der Waals surface area contributed by atoms with E-state index in [2.05, 4.69) is 15.7 Å². The fourth-order valence-corrected chi connectivity index (χ4v) is 2.74. The number of nitrogens with one attached hydrogen (secondary N) is 2. The Morgan fingerprint density at radius 1 is 1.04 bits per heavy atom. The molecule has 28 heavy (non-hydrogen) atoms. The van der Waals surface area contributed by atoms with Crippen LogP contribution in [0.2, 0.25) is 0 Å². The van der Waals surface area contributed by atoms with Crippen molar-refractivity contribution in [1.82, 2.24) is 20.4 Å². The number of nitrogens with zero attached hydrogens (tertiary/aromatic N) is 2. The van der Waals surface area contributed by atoms with E-state index in [0.717, 1.165) is 22.7 Å². The van der Waals surface area contributed by atoms with Crippen molar-refractivity contribution in [2.75, 3.05) is 20.2 Å². The number of carbonyl (C=O) groups is 2. The Morgan fingerprint density at radius 2 is 1.75 bits per heavy atom. The molecule has 0 saturated carbocycles. The van der Waals surface area contributed by atoms with Crippen LogP contribution in [0.3, 0.4) is 0 Å². The molecule has 0 atom stereocenters. The first kappa shape index (κ1) is 19.2. The molecule has 3 rings (SSSR count). The smallest absolute Gasteiger partial charge is 0.272 e. The van der Waals surface area contributed by atoms with E-state index in [-0.39, 0.29) is 18.1 Å². The van der Waals surface area contributed by atoms with Crippen molar-refractivity contribution in [3.8, 4) is 22.7 Å². The standard InChI is InChI=1S/C21H22N4O3/c1-3-22-20(26)14-23-21(27)18-13-19(15-9-11-17(28-2)12-10-15)25(24-18)16-7-5-4-6-8-16/h4-13H,3,14H2,1-2H3,(H,22,26)(H,23,27). The number of rotatable bonds is 7. The van der Waals surface area contributed by atoms with Crippen LogP contribution in [-0.2, 0) is 4.79 Å². The van der Waals surface area contributed by atoms with Gasteiger partial charge in [-0.1, -0.05) is 18.2 Å². The molecule has 0 unspecified atom stereocenters. The van der Waals surface area contributed by atoms with Gasteiger partial charge in [0.2, 0.25) is 5.91 Å². The zero-order valence-electron chi connectivity index (χ0n) is 15.8. The highest BCUT2D eigenvalue weighted by Gasteiger charge is 2.17. The summed E-state index contributed by atoms with van der Waals surface area (Å²) in [4.78, 5) is 24.1.